The number of hydrogen-bond donors (Lipinski definition) is 1. The van der Waals surface area contributed by atoms with Gasteiger partial charge in [-0.15, -0.1) is 0 Å². The highest BCUT2D eigenvalue weighted by atomic mass is 35.5. The van der Waals surface area contributed by atoms with E-state index in [9.17, 15) is 4.79 Å². The average Bonchev–Trinajstić information content (AvgIpc) is 2.95. The molecule has 2 aromatic heterocycles. The molecule has 3 aromatic rings. The monoisotopic (exact) mass is 461 g/mol. The summed E-state index contributed by atoms with van der Waals surface area (Å²) in [5.74, 6) is -0.0529. The lowest BCUT2D eigenvalue weighted by Gasteiger charge is -2.12. The molecule has 6 nitrogen and oxygen atoms in total. The van der Waals surface area contributed by atoms with Crippen molar-refractivity contribution in [2.75, 3.05) is 5.75 Å². The van der Waals surface area contributed by atoms with Crippen molar-refractivity contribution in [2.24, 2.45) is 5.10 Å². The van der Waals surface area contributed by atoms with E-state index in [-0.39, 0.29) is 11.7 Å². The molecule has 1 aromatic carbocycles. The number of hydrogen-bond acceptors (Lipinski definition) is 5. The van der Waals surface area contributed by atoms with E-state index in [1.807, 2.05) is 56.5 Å². The van der Waals surface area contributed by atoms with Gasteiger partial charge in [-0.1, -0.05) is 41.0 Å². The quantitative estimate of drug-likeness (QED) is 0.241. The lowest BCUT2D eigenvalue weighted by Crippen LogP contribution is -2.19. The van der Waals surface area contributed by atoms with Crippen molar-refractivity contribution >= 4 is 47.1 Å². The predicted octanol–water partition coefficient (Wildman–Crippen LogP) is 5.05. The lowest BCUT2D eigenvalue weighted by atomic mass is 10.2. The maximum Gasteiger partial charge on any atom is 0.250 e. The van der Waals surface area contributed by atoms with Crippen LogP contribution < -0.4 is 5.43 Å². The van der Waals surface area contributed by atoms with Crippen LogP contribution in [0.5, 0.6) is 0 Å². The summed E-state index contributed by atoms with van der Waals surface area (Å²) < 4.78 is 2.00. The van der Waals surface area contributed by atoms with E-state index in [0.29, 0.717) is 15.2 Å². The van der Waals surface area contributed by atoms with E-state index in [1.165, 1.54) is 11.8 Å². The Morgan fingerprint density at radius 3 is 2.57 bits per heavy atom. The van der Waals surface area contributed by atoms with Crippen molar-refractivity contribution in [1.29, 1.82) is 0 Å². The van der Waals surface area contributed by atoms with E-state index >= 15 is 0 Å². The molecule has 1 N–H and O–H groups in total. The Hall–Kier alpha value is -2.35. The molecule has 156 valence electrons. The second kappa shape index (κ2) is 9.64. The van der Waals surface area contributed by atoms with Crippen LogP contribution in [0.2, 0.25) is 10.0 Å². The molecule has 0 unspecified atom stereocenters. The van der Waals surface area contributed by atoms with Crippen molar-refractivity contribution in [3.63, 3.8) is 0 Å². The third-order valence-corrected chi connectivity index (χ3v) is 5.99. The molecule has 2 heterocycles. The van der Waals surface area contributed by atoms with Crippen molar-refractivity contribution in [3.05, 3.63) is 68.7 Å². The second-order valence-electron chi connectivity index (χ2n) is 6.75. The van der Waals surface area contributed by atoms with Crippen molar-refractivity contribution in [2.45, 2.75) is 32.9 Å². The third kappa shape index (κ3) is 5.22. The minimum absolute atomic E-state index is 0.178. The van der Waals surface area contributed by atoms with E-state index in [0.717, 1.165) is 34.0 Å². The Bertz CT molecular complexity index is 1110. The minimum atomic E-state index is -0.231. The predicted molar refractivity (Wildman–Crippen MR) is 123 cm³/mol. The molecule has 1 amide bonds. The molecule has 0 atom stereocenters. The number of halogens is 2. The van der Waals surface area contributed by atoms with Gasteiger partial charge in [0, 0.05) is 28.3 Å². The number of carbonyl (C=O) groups excluding carboxylic acids is 1. The van der Waals surface area contributed by atoms with Crippen molar-refractivity contribution < 1.29 is 4.79 Å². The summed E-state index contributed by atoms with van der Waals surface area (Å²) in [6.45, 7) is 7.73. The van der Waals surface area contributed by atoms with Crippen LogP contribution in [0.3, 0.4) is 0 Å². The summed E-state index contributed by atoms with van der Waals surface area (Å²) in [6, 6.07) is 9.37. The Morgan fingerprint density at radius 1 is 1.17 bits per heavy atom. The standard InChI is InChI=1S/C21H21Cl2N5OS/c1-12-8-13(2)26-21(25-12)30-11-19(29)27-24-10-16-9-14(3)28(15(16)4)18-7-5-6-17(22)20(18)23/h5-10H,11H2,1-4H3,(H,27,29)/b24-10+. The number of rotatable bonds is 6. The van der Waals surface area contributed by atoms with E-state index in [4.69, 9.17) is 23.2 Å². The summed E-state index contributed by atoms with van der Waals surface area (Å²) in [4.78, 5) is 20.7. The molecule has 0 fully saturated rings. The number of aryl methyl sites for hydroxylation is 3. The molecule has 0 saturated carbocycles. The maximum absolute atomic E-state index is 12.1. The van der Waals surface area contributed by atoms with Crippen LogP contribution in [-0.4, -0.2) is 32.4 Å². The van der Waals surface area contributed by atoms with Gasteiger partial charge >= 0.3 is 0 Å². The second-order valence-corrected chi connectivity index (χ2v) is 8.48. The molecule has 0 spiro atoms. The molecule has 0 aliphatic carbocycles. The van der Waals surface area contributed by atoms with E-state index in [2.05, 4.69) is 20.5 Å². The van der Waals surface area contributed by atoms with Crippen LogP contribution in [0.4, 0.5) is 0 Å². The minimum Gasteiger partial charge on any atom is -0.316 e. The Kier molecular flexibility index (Phi) is 7.18. The topological polar surface area (TPSA) is 72.2 Å². The normalized spacial score (nSPS) is 11.3. The third-order valence-electron chi connectivity index (χ3n) is 4.33. The molecular formula is C21H21Cl2N5OS. The number of benzene rings is 1. The fourth-order valence-electron chi connectivity index (χ4n) is 3.05. The fourth-order valence-corrected chi connectivity index (χ4v) is 4.17. The molecule has 0 radical (unpaired) electrons. The first kappa shape index (κ1) is 22.3. The van der Waals surface area contributed by atoms with Crippen LogP contribution in [0.1, 0.15) is 28.3 Å². The number of nitrogens with zero attached hydrogens (tertiary/aromatic N) is 4. The summed E-state index contributed by atoms with van der Waals surface area (Å²) >= 11 is 13.8. The number of aromatic nitrogens is 3. The molecule has 30 heavy (non-hydrogen) atoms. The summed E-state index contributed by atoms with van der Waals surface area (Å²) in [6.07, 6.45) is 1.62. The van der Waals surface area contributed by atoms with Gasteiger partial charge in [-0.25, -0.2) is 15.4 Å². The smallest absolute Gasteiger partial charge is 0.250 e. The van der Waals surface area contributed by atoms with E-state index in [1.54, 1.807) is 12.3 Å². The maximum atomic E-state index is 12.1. The molecule has 0 bridgehead atoms. The Morgan fingerprint density at radius 2 is 1.87 bits per heavy atom. The largest absolute Gasteiger partial charge is 0.316 e. The molecule has 9 heteroatoms. The lowest BCUT2D eigenvalue weighted by molar-refractivity contribution is -0.118. The molecule has 0 aliphatic rings. The Labute approximate surface area is 189 Å². The first-order valence-corrected chi connectivity index (χ1v) is 10.9. The SMILES string of the molecule is Cc1cc(C)nc(SCC(=O)N/N=C/c2cc(C)n(-c3cccc(Cl)c3Cl)c2C)n1. The Balaban J connectivity index is 1.66. The van der Waals surface area contributed by atoms with Crippen LogP contribution >= 0.6 is 35.0 Å². The van der Waals surface area contributed by atoms with Gasteiger partial charge in [-0.2, -0.15) is 5.10 Å². The van der Waals surface area contributed by atoms with Crippen LogP contribution in [-0.2, 0) is 4.79 Å². The number of nitrogens with one attached hydrogen (secondary N) is 1. The number of amides is 1. The van der Waals surface area contributed by atoms with Crippen LogP contribution in [0, 0.1) is 27.7 Å². The summed E-state index contributed by atoms with van der Waals surface area (Å²) in [7, 11) is 0. The zero-order valence-electron chi connectivity index (χ0n) is 17.0. The van der Waals surface area contributed by atoms with Crippen molar-refractivity contribution in [3.8, 4) is 5.69 Å². The van der Waals surface area contributed by atoms with Gasteiger partial charge in [-0.05, 0) is 52.0 Å². The number of hydrazone groups is 1. The van der Waals surface area contributed by atoms with Gasteiger partial charge in [0.1, 0.15) is 0 Å². The molecule has 0 aliphatic heterocycles. The van der Waals surface area contributed by atoms with Gasteiger partial charge < -0.3 is 4.57 Å². The molecule has 3 rings (SSSR count). The van der Waals surface area contributed by atoms with Gasteiger partial charge in [0.15, 0.2) is 5.16 Å². The number of thioether (sulfide) groups is 1. The highest BCUT2D eigenvalue weighted by molar-refractivity contribution is 7.99. The summed E-state index contributed by atoms with van der Waals surface area (Å²) in [5, 5.41) is 5.65. The molecular weight excluding hydrogens is 441 g/mol. The van der Waals surface area contributed by atoms with Gasteiger partial charge in [0.2, 0.25) is 0 Å². The average molecular weight is 462 g/mol. The first-order valence-electron chi connectivity index (χ1n) is 9.16. The van der Waals surface area contributed by atoms with Crippen molar-refractivity contribution in [1.82, 2.24) is 20.0 Å². The fraction of sp³-hybridized carbons (Fsp3) is 0.238. The highest BCUT2D eigenvalue weighted by Gasteiger charge is 2.13. The van der Waals surface area contributed by atoms with Crippen LogP contribution in [0.25, 0.3) is 5.69 Å². The molecule has 0 saturated heterocycles. The number of carbonyl (C=O) groups is 1. The zero-order chi connectivity index (χ0) is 21.8. The zero-order valence-corrected chi connectivity index (χ0v) is 19.4. The van der Waals surface area contributed by atoms with Gasteiger partial charge in [0.05, 0.1) is 27.7 Å². The first-order chi connectivity index (χ1) is 14.3. The van der Waals surface area contributed by atoms with Gasteiger partial charge in [-0.3, -0.25) is 4.79 Å². The van der Waals surface area contributed by atoms with Crippen LogP contribution in [0.15, 0.2) is 40.6 Å². The van der Waals surface area contributed by atoms with E-state index < -0.39 is 0 Å². The van der Waals surface area contributed by atoms with Gasteiger partial charge in [0.25, 0.3) is 5.91 Å². The highest BCUT2D eigenvalue weighted by Crippen LogP contribution is 2.31. The summed E-state index contributed by atoms with van der Waals surface area (Å²) in [5.41, 5.74) is 7.88.